The molecular formula is C15H20O4. The Bertz CT molecular complexity index is 488. The number of rotatable bonds is 2. The number of carbonyl (C=O) groups excluding carboxylic acids is 1. The maximum atomic E-state index is 12.1. The molecule has 2 rings (SSSR count). The van der Waals surface area contributed by atoms with Crippen molar-refractivity contribution in [3.05, 3.63) is 23.3 Å². The lowest BCUT2D eigenvalue weighted by Gasteiger charge is -2.43. The summed E-state index contributed by atoms with van der Waals surface area (Å²) >= 11 is 0. The summed E-state index contributed by atoms with van der Waals surface area (Å²) in [6.07, 6.45) is 3.61. The Morgan fingerprint density at radius 3 is 2.74 bits per heavy atom. The van der Waals surface area contributed by atoms with Crippen LogP contribution in [0.3, 0.4) is 0 Å². The molecule has 0 heterocycles. The molecule has 2 aliphatic rings. The standard InChI is InChI=1S/C15H20O4/c1-8-4-5-13(17)15(3)7-12(16)10(6-11(8)15)9(2)14(18)19/h4,6,9-10,12,16H,5,7H2,1-3H3,(H,18,19). The van der Waals surface area contributed by atoms with Crippen molar-refractivity contribution in [3.63, 3.8) is 0 Å². The number of aliphatic hydroxyl groups excluding tert-OH is 1. The molecular weight excluding hydrogens is 244 g/mol. The summed E-state index contributed by atoms with van der Waals surface area (Å²) in [6, 6.07) is 0. The summed E-state index contributed by atoms with van der Waals surface area (Å²) in [5.41, 5.74) is 1.26. The van der Waals surface area contributed by atoms with Crippen LogP contribution in [-0.4, -0.2) is 28.1 Å². The lowest BCUT2D eigenvalue weighted by molar-refractivity contribution is -0.144. The third-order valence-electron chi connectivity index (χ3n) is 4.62. The largest absolute Gasteiger partial charge is 0.481 e. The SMILES string of the molecule is CC1=CCC(=O)C2(C)CC(O)C(C(C)C(=O)O)C=C12. The number of carboxylic acid groups (broad SMARTS) is 1. The number of carboxylic acids is 1. The van der Waals surface area contributed by atoms with Gasteiger partial charge < -0.3 is 10.2 Å². The summed E-state index contributed by atoms with van der Waals surface area (Å²) < 4.78 is 0. The number of aliphatic hydroxyl groups is 1. The van der Waals surface area contributed by atoms with E-state index in [2.05, 4.69) is 0 Å². The molecule has 0 amide bonds. The van der Waals surface area contributed by atoms with Gasteiger partial charge in [-0.05, 0) is 25.8 Å². The molecule has 0 aliphatic heterocycles. The minimum absolute atomic E-state index is 0.102. The summed E-state index contributed by atoms with van der Waals surface area (Å²) in [5.74, 6) is -1.91. The van der Waals surface area contributed by atoms with Gasteiger partial charge in [0.2, 0.25) is 0 Å². The smallest absolute Gasteiger partial charge is 0.306 e. The van der Waals surface area contributed by atoms with E-state index in [0.717, 1.165) is 11.1 Å². The van der Waals surface area contributed by atoms with Crippen molar-refractivity contribution in [2.45, 2.75) is 39.7 Å². The fourth-order valence-electron chi connectivity index (χ4n) is 3.21. The minimum Gasteiger partial charge on any atom is -0.481 e. The van der Waals surface area contributed by atoms with Gasteiger partial charge in [-0.15, -0.1) is 0 Å². The van der Waals surface area contributed by atoms with Gasteiger partial charge in [0.25, 0.3) is 0 Å². The number of hydrogen-bond acceptors (Lipinski definition) is 3. The van der Waals surface area contributed by atoms with Gasteiger partial charge in [0.1, 0.15) is 5.78 Å². The highest BCUT2D eigenvalue weighted by Crippen LogP contribution is 2.47. The second-order valence-electron chi connectivity index (χ2n) is 5.90. The highest BCUT2D eigenvalue weighted by Gasteiger charge is 2.47. The molecule has 2 aliphatic carbocycles. The number of hydrogen-bond donors (Lipinski definition) is 2. The quantitative estimate of drug-likeness (QED) is 0.799. The van der Waals surface area contributed by atoms with Crippen LogP contribution in [-0.2, 0) is 9.59 Å². The number of ketones is 1. The maximum Gasteiger partial charge on any atom is 0.306 e. The average molecular weight is 264 g/mol. The fraction of sp³-hybridized carbons (Fsp3) is 0.600. The van der Waals surface area contributed by atoms with Crippen LogP contribution in [0.1, 0.15) is 33.6 Å². The first-order valence-corrected chi connectivity index (χ1v) is 6.61. The second kappa shape index (κ2) is 4.60. The third-order valence-corrected chi connectivity index (χ3v) is 4.62. The minimum atomic E-state index is -0.923. The second-order valence-corrected chi connectivity index (χ2v) is 5.90. The van der Waals surface area contributed by atoms with Gasteiger partial charge in [-0.2, -0.15) is 0 Å². The normalized spacial score (nSPS) is 36.1. The Morgan fingerprint density at radius 2 is 2.16 bits per heavy atom. The van der Waals surface area contributed by atoms with Crippen molar-refractivity contribution in [1.82, 2.24) is 0 Å². The van der Waals surface area contributed by atoms with Crippen LogP contribution < -0.4 is 0 Å². The number of aliphatic carboxylic acids is 1. The van der Waals surface area contributed by atoms with Crippen molar-refractivity contribution in [1.29, 1.82) is 0 Å². The molecule has 0 saturated carbocycles. The van der Waals surface area contributed by atoms with E-state index in [9.17, 15) is 14.7 Å². The molecule has 0 aromatic heterocycles. The van der Waals surface area contributed by atoms with Crippen molar-refractivity contribution in [2.75, 3.05) is 0 Å². The first-order valence-electron chi connectivity index (χ1n) is 6.61. The van der Waals surface area contributed by atoms with Crippen LogP contribution in [0.25, 0.3) is 0 Å². The lowest BCUT2D eigenvalue weighted by Crippen LogP contribution is -2.44. The molecule has 104 valence electrons. The Labute approximate surface area is 112 Å². The molecule has 4 atom stereocenters. The molecule has 2 N–H and O–H groups in total. The third kappa shape index (κ3) is 2.14. The molecule has 0 saturated heterocycles. The molecule has 0 bridgehead atoms. The molecule has 19 heavy (non-hydrogen) atoms. The van der Waals surface area contributed by atoms with Gasteiger partial charge >= 0.3 is 5.97 Å². The number of fused-ring (bicyclic) bond motifs is 1. The molecule has 4 heteroatoms. The Balaban J connectivity index is 2.47. The van der Waals surface area contributed by atoms with E-state index in [1.54, 1.807) is 13.0 Å². The predicted octanol–water partition coefficient (Wildman–Crippen LogP) is 1.94. The first-order chi connectivity index (χ1) is 8.77. The van der Waals surface area contributed by atoms with E-state index >= 15 is 0 Å². The first kappa shape index (κ1) is 14.0. The van der Waals surface area contributed by atoms with Crippen molar-refractivity contribution in [2.24, 2.45) is 17.3 Å². The Hall–Kier alpha value is -1.42. The van der Waals surface area contributed by atoms with Crippen LogP contribution >= 0.6 is 0 Å². The predicted molar refractivity (Wildman–Crippen MR) is 70.5 cm³/mol. The maximum absolute atomic E-state index is 12.1. The van der Waals surface area contributed by atoms with E-state index in [1.807, 2.05) is 19.9 Å². The van der Waals surface area contributed by atoms with Gasteiger partial charge in [0.05, 0.1) is 17.4 Å². The molecule has 0 aromatic rings. The van der Waals surface area contributed by atoms with Crippen molar-refractivity contribution in [3.8, 4) is 0 Å². The molecule has 0 spiro atoms. The van der Waals surface area contributed by atoms with Gasteiger partial charge in [-0.25, -0.2) is 0 Å². The van der Waals surface area contributed by atoms with Crippen LogP contribution in [0.5, 0.6) is 0 Å². The van der Waals surface area contributed by atoms with Crippen LogP contribution in [0, 0.1) is 17.3 Å². The zero-order valence-corrected chi connectivity index (χ0v) is 11.5. The Kier molecular flexibility index (Phi) is 3.39. The molecule has 0 fully saturated rings. The zero-order chi connectivity index (χ0) is 14.4. The number of carbonyl (C=O) groups is 2. The summed E-state index contributed by atoms with van der Waals surface area (Å²) in [5, 5.41) is 19.3. The summed E-state index contributed by atoms with van der Waals surface area (Å²) in [7, 11) is 0. The molecule has 0 radical (unpaired) electrons. The molecule has 0 aromatic carbocycles. The average Bonchev–Trinajstić information content (AvgIpc) is 2.33. The Morgan fingerprint density at radius 1 is 1.53 bits per heavy atom. The monoisotopic (exact) mass is 264 g/mol. The van der Waals surface area contributed by atoms with E-state index < -0.39 is 29.3 Å². The number of Topliss-reactive ketones (excluding diaryl/α,β-unsaturated/α-hetero) is 1. The topological polar surface area (TPSA) is 74.6 Å². The van der Waals surface area contributed by atoms with E-state index in [1.165, 1.54) is 0 Å². The summed E-state index contributed by atoms with van der Waals surface area (Å²) in [4.78, 5) is 23.2. The van der Waals surface area contributed by atoms with E-state index in [0.29, 0.717) is 12.8 Å². The van der Waals surface area contributed by atoms with Gasteiger partial charge in [-0.1, -0.05) is 24.6 Å². The van der Waals surface area contributed by atoms with Gasteiger partial charge in [0, 0.05) is 12.3 Å². The van der Waals surface area contributed by atoms with Crippen LogP contribution in [0.4, 0.5) is 0 Å². The van der Waals surface area contributed by atoms with E-state index in [4.69, 9.17) is 5.11 Å². The van der Waals surface area contributed by atoms with Crippen molar-refractivity contribution >= 4 is 11.8 Å². The highest BCUT2D eigenvalue weighted by molar-refractivity contribution is 5.92. The van der Waals surface area contributed by atoms with Gasteiger partial charge in [-0.3, -0.25) is 9.59 Å². The van der Waals surface area contributed by atoms with Crippen LogP contribution in [0.15, 0.2) is 23.3 Å². The summed E-state index contributed by atoms with van der Waals surface area (Å²) in [6.45, 7) is 5.39. The van der Waals surface area contributed by atoms with Crippen molar-refractivity contribution < 1.29 is 19.8 Å². The highest BCUT2D eigenvalue weighted by atomic mass is 16.4. The van der Waals surface area contributed by atoms with E-state index in [-0.39, 0.29) is 5.78 Å². The molecule has 4 unspecified atom stereocenters. The fourth-order valence-corrected chi connectivity index (χ4v) is 3.21. The van der Waals surface area contributed by atoms with Crippen LogP contribution in [0.2, 0.25) is 0 Å². The van der Waals surface area contributed by atoms with Gasteiger partial charge in [0.15, 0.2) is 0 Å². The zero-order valence-electron chi connectivity index (χ0n) is 11.5. The molecule has 4 nitrogen and oxygen atoms in total. The lowest BCUT2D eigenvalue weighted by atomic mass is 9.61. The number of allylic oxidation sites excluding steroid dienone is 3.